The number of carbonyl (C=O) groups excluding carboxylic acids is 1. The number of pyridine rings is 2. The monoisotopic (exact) mass is 437 g/mol. The first-order chi connectivity index (χ1) is 15.5. The number of nitrogens with one attached hydrogen (secondary N) is 1. The second kappa shape index (κ2) is 8.23. The number of rotatable bonds is 3. The number of halogens is 1. The number of aromatic nitrogens is 2. The van der Waals surface area contributed by atoms with E-state index in [2.05, 4.69) is 15.3 Å². The van der Waals surface area contributed by atoms with E-state index in [9.17, 15) is 4.79 Å². The Bertz CT molecular complexity index is 1200. The molecule has 0 radical (unpaired) electrons. The zero-order valence-electron chi connectivity index (χ0n) is 17.7. The number of nitrogens with zero attached hydrogens (tertiary/aromatic N) is 3. The number of urea groups is 1. The van der Waals surface area contributed by atoms with Gasteiger partial charge in [0.2, 0.25) is 5.88 Å². The number of benzene rings is 1. The highest BCUT2D eigenvalue weighted by Crippen LogP contribution is 2.37. The Labute approximate surface area is 184 Å². The first-order valence-corrected chi connectivity index (χ1v) is 10.7. The van der Waals surface area contributed by atoms with Gasteiger partial charge < -0.3 is 20.5 Å². The smallest absolute Gasteiger partial charge is 0.322 e. The summed E-state index contributed by atoms with van der Waals surface area (Å²) in [6.45, 7) is 3.69. The number of anilines is 2. The number of primary amides is 1. The van der Waals surface area contributed by atoms with Crippen LogP contribution in [0.4, 0.5) is 20.7 Å². The molecule has 0 spiro atoms. The average Bonchev–Trinajstić information content (AvgIpc) is 2.80. The number of nitrogens with two attached hydrogens (primary N) is 1. The molecule has 2 amide bonds. The van der Waals surface area contributed by atoms with Gasteiger partial charge >= 0.3 is 6.03 Å². The summed E-state index contributed by atoms with van der Waals surface area (Å²) in [5, 5.41) is 4.63. The van der Waals surface area contributed by atoms with E-state index in [0.717, 1.165) is 29.5 Å². The number of amides is 2. The molecule has 166 valence electrons. The average molecular weight is 437 g/mol. The quantitative estimate of drug-likeness (QED) is 0.643. The SMILES string of the molecule is Cc1c(-c2cc3cc(N(C(N)=O)C4CCCCO4)ncc3cc2F)cnc2c1NCCO2. The Balaban J connectivity index is 1.59. The lowest BCUT2D eigenvalue weighted by molar-refractivity contribution is 0.0191. The van der Waals surface area contributed by atoms with Crippen LogP contribution in [0.5, 0.6) is 5.88 Å². The van der Waals surface area contributed by atoms with E-state index >= 15 is 4.39 Å². The van der Waals surface area contributed by atoms with Crippen LogP contribution in [0.15, 0.2) is 30.6 Å². The van der Waals surface area contributed by atoms with Crippen molar-refractivity contribution >= 4 is 28.3 Å². The summed E-state index contributed by atoms with van der Waals surface area (Å²) in [6, 6.07) is 4.29. The van der Waals surface area contributed by atoms with E-state index in [-0.39, 0.29) is 5.82 Å². The first-order valence-electron chi connectivity index (χ1n) is 10.7. The molecule has 1 aromatic carbocycles. The van der Waals surface area contributed by atoms with Crippen LogP contribution in [0.25, 0.3) is 21.9 Å². The predicted molar refractivity (Wildman–Crippen MR) is 119 cm³/mol. The summed E-state index contributed by atoms with van der Waals surface area (Å²) in [5.41, 5.74) is 8.37. The van der Waals surface area contributed by atoms with Crippen LogP contribution in [0, 0.1) is 12.7 Å². The van der Waals surface area contributed by atoms with Crippen molar-refractivity contribution in [2.24, 2.45) is 5.73 Å². The molecule has 3 aromatic rings. The molecule has 32 heavy (non-hydrogen) atoms. The number of fused-ring (bicyclic) bond motifs is 2. The standard InChI is InChI=1S/C23H24FN5O3/c1-13-17(12-28-22-21(13)26-5-7-32-22)16-8-14-10-19(27-11-15(14)9-18(16)24)29(23(25)30)20-4-2-3-6-31-20/h8-12,20,26H,2-7H2,1H3,(H2,25,30). The van der Waals surface area contributed by atoms with Crippen LogP contribution in [0.2, 0.25) is 0 Å². The van der Waals surface area contributed by atoms with Gasteiger partial charge in [-0.05, 0) is 55.3 Å². The number of carbonyl (C=O) groups is 1. The molecule has 8 nitrogen and oxygen atoms in total. The Morgan fingerprint density at radius 2 is 2.03 bits per heavy atom. The molecular weight excluding hydrogens is 413 g/mol. The Morgan fingerprint density at radius 3 is 2.81 bits per heavy atom. The van der Waals surface area contributed by atoms with Crippen molar-refractivity contribution in [2.45, 2.75) is 32.4 Å². The van der Waals surface area contributed by atoms with Crippen LogP contribution in [-0.4, -0.2) is 42.0 Å². The van der Waals surface area contributed by atoms with Gasteiger partial charge in [0.05, 0.1) is 0 Å². The zero-order valence-corrected chi connectivity index (χ0v) is 17.7. The molecule has 0 saturated carbocycles. The van der Waals surface area contributed by atoms with Gasteiger partial charge in [0.25, 0.3) is 0 Å². The van der Waals surface area contributed by atoms with Crippen molar-refractivity contribution < 1.29 is 18.7 Å². The molecular formula is C23H24FN5O3. The van der Waals surface area contributed by atoms with Crippen molar-refractivity contribution in [2.75, 3.05) is 30.0 Å². The normalized spacial score (nSPS) is 17.9. The lowest BCUT2D eigenvalue weighted by Crippen LogP contribution is -2.47. The lowest BCUT2D eigenvalue weighted by Gasteiger charge is -2.32. The van der Waals surface area contributed by atoms with E-state index in [1.165, 1.54) is 11.0 Å². The maximum absolute atomic E-state index is 15.1. The van der Waals surface area contributed by atoms with Crippen LogP contribution in [0.1, 0.15) is 24.8 Å². The fraction of sp³-hybridized carbons (Fsp3) is 0.348. The van der Waals surface area contributed by atoms with Crippen LogP contribution >= 0.6 is 0 Å². The molecule has 9 heteroatoms. The molecule has 5 rings (SSSR count). The van der Waals surface area contributed by atoms with E-state index in [4.69, 9.17) is 15.2 Å². The largest absolute Gasteiger partial charge is 0.474 e. The Hall–Kier alpha value is -3.46. The topological polar surface area (TPSA) is 103 Å². The fourth-order valence-corrected chi connectivity index (χ4v) is 4.31. The lowest BCUT2D eigenvalue weighted by atomic mass is 9.98. The highest BCUT2D eigenvalue weighted by molar-refractivity contribution is 5.95. The first kappa shape index (κ1) is 20.4. The van der Waals surface area contributed by atoms with E-state index in [0.29, 0.717) is 54.4 Å². The maximum atomic E-state index is 15.1. The number of ether oxygens (including phenoxy) is 2. The van der Waals surface area contributed by atoms with Gasteiger partial charge in [-0.1, -0.05) is 0 Å². The predicted octanol–water partition coefficient (Wildman–Crippen LogP) is 3.96. The summed E-state index contributed by atoms with van der Waals surface area (Å²) >= 11 is 0. The Kier molecular flexibility index (Phi) is 5.26. The van der Waals surface area contributed by atoms with Crippen molar-refractivity contribution in [1.82, 2.24) is 9.97 Å². The third-order valence-electron chi connectivity index (χ3n) is 5.96. The molecule has 3 N–H and O–H groups in total. The van der Waals surface area contributed by atoms with Gasteiger partial charge in [0, 0.05) is 42.1 Å². The zero-order chi connectivity index (χ0) is 22.2. The fourth-order valence-electron chi connectivity index (χ4n) is 4.31. The van der Waals surface area contributed by atoms with Gasteiger partial charge in [-0.3, -0.25) is 4.90 Å². The molecule has 2 aliphatic heterocycles. The molecule has 1 atom stereocenters. The van der Waals surface area contributed by atoms with E-state index in [1.807, 2.05) is 6.92 Å². The molecule has 0 aliphatic carbocycles. The van der Waals surface area contributed by atoms with E-state index < -0.39 is 12.3 Å². The van der Waals surface area contributed by atoms with Gasteiger partial charge in [-0.15, -0.1) is 0 Å². The minimum atomic E-state index is -0.633. The molecule has 2 aliphatic rings. The van der Waals surface area contributed by atoms with Crippen molar-refractivity contribution in [1.29, 1.82) is 0 Å². The van der Waals surface area contributed by atoms with Crippen molar-refractivity contribution in [3.63, 3.8) is 0 Å². The molecule has 0 bridgehead atoms. The number of hydrogen-bond donors (Lipinski definition) is 2. The third kappa shape index (κ3) is 3.58. The maximum Gasteiger partial charge on any atom is 0.322 e. The molecule has 1 unspecified atom stereocenters. The highest BCUT2D eigenvalue weighted by atomic mass is 19.1. The van der Waals surface area contributed by atoms with Crippen LogP contribution < -0.4 is 20.7 Å². The highest BCUT2D eigenvalue weighted by Gasteiger charge is 2.27. The van der Waals surface area contributed by atoms with Gasteiger partial charge in [0.15, 0.2) is 0 Å². The third-order valence-corrected chi connectivity index (χ3v) is 5.96. The Morgan fingerprint density at radius 1 is 1.16 bits per heavy atom. The minimum Gasteiger partial charge on any atom is -0.474 e. The molecule has 4 heterocycles. The summed E-state index contributed by atoms with van der Waals surface area (Å²) in [4.78, 5) is 22.3. The summed E-state index contributed by atoms with van der Waals surface area (Å²) in [5.74, 6) is 0.524. The van der Waals surface area contributed by atoms with Crippen molar-refractivity contribution in [3.05, 3.63) is 42.0 Å². The molecule has 1 fully saturated rings. The molecule has 1 saturated heterocycles. The second-order valence-corrected chi connectivity index (χ2v) is 8.00. The van der Waals surface area contributed by atoms with Gasteiger partial charge in [-0.2, -0.15) is 0 Å². The number of hydrogen-bond acceptors (Lipinski definition) is 6. The summed E-state index contributed by atoms with van der Waals surface area (Å²) in [6.07, 6.45) is 5.30. The second-order valence-electron chi connectivity index (χ2n) is 8.00. The van der Waals surface area contributed by atoms with Crippen LogP contribution in [-0.2, 0) is 4.74 Å². The molecule has 2 aromatic heterocycles. The van der Waals surface area contributed by atoms with E-state index in [1.54, 1.807) is 24.5 Å². The summed E-state index contributed by atoms with van der Waals surface area (Å²) in [7, 11) is 0. The van der Waals surface area contributed by atoms with Crippen molar-refractivity contribution in [3.8, 4) is 17.0 Å². The van der Waals surface area contributed by atoms with Gasteiger partial charge in [0.1, 0.15) is 30.2 Å². The summed E-state index contributed by atoms with van der Waals surface area (Å²) < 4.78 is 26.4. The minimum absolute atomic E-state index is 0.379. The van der Waals surface area contributed by atoms with Gasteiger partial charge in [-0.25, -0.2) is 19.2 Å². The van der Waals surface area contributed by atoms with Crippen LogP contribution in [0.3, 0.4) is 0 Å².